The maximum Gasteiger partial charge on any atom is 0.235 e. The number of nitrogens with zero attached hydrogens (tertiary/aromatic N) is 1. The van der Waals surface area contributed by atoms with E-state index in [1.54, 1.807) is 7.11 Å². The second kappa shape index (κ2) is 5.95. The Bertz CT molecular complexity index is 728. The summed E-state index contributed by atoms with van der Waals surface area (Å²) in [6, 6.07) is 18.1. The van der Waals surface area contributed by atoms with E-state index in [-0.39, 0.29) is 30.1 Å². The average Bonchev–Trinajstić information content (AvgIpc) is 2.62. The molecule has 4 nitrogen and oxygen atoms in total. The maximum absolute atomic E-state index is 12.6. The molecule has 1 amide bonds. The zero-order chi connectivity index (χ0) is 16.7. The molecular weight excluding hydrogens is 302 g/mol. The van der Waals surface area contributed by atoms with Crippen molar-refractivity contribution in [2.24, 2.45) is 5.92 Å². The number of carbonyl (C=O) groups excluding carboxylic acids is 1. The molecule has 4 heteroatoms. The Kier molecular flexibility index (Phi) is 3.77. The third-order valence-corrected chi connectivity index (χ3v) is 5.13. The molecule has 4 rings (SSSR count). The molecule has 0 aromatic heterocycles. The van der Waals surface area contributed by atoms with Crippen LogP contribution in [0.2, 0.25) is 0 Å². The van der Waals surface area contributed by atoms with Crippen molar-refractivity contribution in [3.05, 3.63) is 60.2 Å². The minimum atomic E-state index is -0.0593. The van der Waals surface area contributed by atoms with Crippen LogP contribution >= 0.6 is 0 Å². The molecule has 0 saturated carbocycles. The molecule has 0 spiro atoms. The first-order chi connectivity index (χ1) is 11.7. The molecule has 2 saturated heterocycles. The van der Waals surface area contributed by atoms with Gasteiger partial charge in [-0.05, 0) is 43.2 Å². The Labute approximate surface area is 142 Å². The second-order valence-electron chi connectivity index (χ2n) is 6.48. The summed E-state index contributed by atoms with van der Waals surface area (Å²) < 4.78 is 11.3. The Morgan fingerprint density at radius 2 is 1.79 bits per heavy atom. The largest absolute Gasteiger partial charge is 0.497 e. The minimum absolute atomic E-state index is 0.0351. The lowest BCUT2D eigenvalue weighted by atomic mass is 9.76. The minimum Gasteiger partial charge on any atom is -0.497 e. The molecule has 2 aromatic carbocycles. The van der Waals surface area contributed by atoms with Crippen molar-refractivity contribution in [3.63, 3.8) is 0 Å². The van der Waals surface area contributed by atoms with Crippen molar-refractivity contribution in [1.29, 1.82) is 0 Å². The van der Waals surface area contributed by atoms with Crippen molar-refractivity contribution in [2.45, 2.75) is 31.6 Å². The Balaban J connectivity index is 1.58. The molecule has 2 aliphatic heterocycles. The van der Waals surface area contributed by atoms with Gasteiger partial charge in [0.25, 0.3) is 0 Å². The van der Waals surface area contributed by atoms with Gasteiger partial charge in [0, 0.05) is 5.69 Å². The molecule has 2 fully saturated rings. The summed E-state index contributed by atoms with van der Waals surface area (Å²) in [5.74, 6) is 0.919. The molecule has 2 aromatic rings. The number of amides is 1. The van der Waals surface area contributed by atoms with E-state index in [4.69, 9.17) is 9.47 Å². The molecule has 0 unspecified atom stereocenters. The molecular formula is C20H21NO3. The van der Waals surface area contributed by atoms with E-state index in [9.17, 15) is 4.79 Å². The van der Waals surface area contributed by atoms with Crippen molar-refractivity contribution < 1.29 is 14.3 Å². The smallest absolute Gasteiger partial charge is 0.235 e. The first-order valence-corrected chi connectivity index (χ1v) is 8.36. The van der Waals surface area contributed by atoms with Gasteiger partial charge in [-0.1, -0.05) is 30.3 Å². The number of anilines is 1. The zero-order valence-electron chi connectivity index (χ0n) is 13.9. The van der Waals surface area contributed by atoms with Gasteiger partial charge in [0.1, 0.15) is 5.75 Å². The first-order valence-electron chi connectivity index (χ1n) is 8.36. The summed E-state index contributed by atoms with van der Waals surface area (Å²) in [6.07, 6.45) is 0.809. The summed E-state index contributed by atoms with van der Waals surface area (Å²) in [5, 5.41) is 0. The average molecular weight is 323 g/mol. The van der Waals surface area contributed by atoms with E-state index < -0.39 is 0 Å². The predicted octanol–water partition coefficient (Wildman–Crippen LogP) is 3.58. The number of methoxy groups -OCH3 is 1. The number of rotatable bonds is 3. The fourth-order valence-corrected chi connectivity index (χ4v) is 3.90. The van der Waals surface area contributed by atoms with Crippen LogP contribution in [0.1, 0.15) is 25.0 Å². The van der Waals surface area contributed by atoms with Gasteiger partial charge in [-0.2, -0.15) is 0 Å². The fourth-order valence-electron chi connectivity index (χ4n) is 3.90. The Hall–Kier alpha value is -2.33. The molecule has 124 valence electrons. The van der Waals surface area contributed by atoms with Crippen LogP contribution in [0, 0.1) is 5.92 Å². The van der Waals surface area contributed by atoms with Gasteiger partial charge in [-0.25, -0.2) is 0 Å². The zero-order valence-corrected chi connectivity index (χ0v) is 13.9. The topological polar surface area (TPSA) is 38.8 Å². The van der Waals surface area contributed by atoms with Gasteiger partial charge < -0.3 is 14.4 Å². The molecule has 2 aliphatic rings. The maximum atomic E-state index is 12.6. The highest BCUT2D eigenvalue weighted by Gasteiger charge is 2.54. The van der Waals surface area contributed by atoms with Crippen LogP contribution in [-0.2, 0) is 9.53 Å². The quantitative estimate of drug-likeness (QED) is 0.811. The lowest BCUT2D eigenvalue weighted by molar-refractivity contribution is -0.154. The highest BCUT2D eigenvalue weighted by atomic mass is 16.5. The molecule has 2 heterocycles. The van der Waals surface area contributed by atoms with Crippen molar-refractivity contribution in [3.8, 4) is 5.75 Å². The third kappa shape index (κ3) is 2.38. The lowest BCUT2D eigenvalue weighted by Crippen LogP contribution is -2.67. The van der Waals surface area contributed by atoms with Gasteiger partial charge >= 0.3 is 0 Å². The standard InChI is InChI=1S/C20H21NO3/c1-13-19-17(12-18(24-13)14-6-4-3-5-7-14)21(20(19)22)15-8-10-16(23-2)11-9-15/h3-11,13,17-19H,12H2,1-2H3/t13-,17-,18-,19+/m0/s1. The monoisotopic (exact) mass is 323 g/mol. The molecule has 0 aliphatic carbocycles. The van der Waals surface area contributed by atoms with E-state index in [1.807, 2.05) is 54.3 Å². The van der Waals surface area contributed by atoms with Crippen LogP contribution in [-0.4, -0.2) is 25.2 Å². The number of hydrogen-bond acceptors (Lipinski definition) is 3. The molecule has 0 N–H and O–H groups in total. The SMILES string of the molecule is COc1ccc(N2C(=O)[C@@H]3[C@H](C)O[C@H](c4ccccc4)C[C@@H]32)cc1. The van der Waals surface area contributed by atoms with Crippen molar-refractivity contribution in [2.75, 3.05) is 12.0 Å². The van der Waals surface area contributed by atoms with Crippen LogP contribution < -0.4 is 9.64 Å². The second-order valence-corrected chi connectivity index (χ2v) is 6.48. The summed E-state index contributed by atoms with van der Waals surface area (Å²) in [5.41, 5.74) is 2.11. The lowest BCUT2D eigenvalue weighted by Gasteiger charge is -2.54. The van der Waals surface area contributed by atoms with Gasteiger partial charge in [0.15, 0.2) is 0 Å². The van der Waals surface area contributed by atoms with Gasteiger partial charge in [0.05, 0.1) is 31.3 Å². The van der Waals surface area contributed by atoms with Crippen LogP contribution in [0.3, 0.4) is 0 Å². The number of fused-ring (bicyclic) bond motifs is 1. The van der Waals surface area contributed by atoms with Crippen LogP contribution in [0.5, 0.6) is 5.75 Å². The fraction of sp³-hybridized carbons (Fsp3) is 0.350. The highest BCUT2D eigenvalue weighted by Crippen LogP contribution is 2.45. The van der Waals surface area contributed by atoms with Crippen LogP contribution in [0.15, 0.2) is 54.6 Å². The molecule has 0 radical (unpaired) electrons. The molecule has 4 atom stereocenters. The molecule has 24 heavy (non-hydrogen) atoms. The number of hydrogen-bond donors (Lipinski definition) is 0. The summed E-state index contributed by atoms with van der Waals surface area (Å²) in [7, 11) is 1.64. The van der Waals surface area contributed by atoms with Crippen molar-refractivity contribution in [1.82, 2.24) is 0 Å². The first kappa shape index (κ1) is 15.2. The molecule has 0 bridgehead atoms. The summed E-state index contributed by atoms with van der Waals surface area (Å²) in [4.78, 5) is 14.5. The normalized spacial score (nSPS) is 28.9. The van der Waals surface area contributed by atoms with E-state index >= 15 is 0 Å². The Morgan fingerprint density at radius 3 is 2.46 bits per heavy atom. The van der Waals surface area contributed by atoms with Crippen LogP contribution in [0.4, 0.5) is 5.69 Å². The van der Waals surface area contributed by atoms with Gasteiger partial charge in [-0.3, -0.25) is 4.79 Å². The predicted molar refractivity (Wildman–Crippen MR) is 92.1 cm³/mol. The number of ether oxygens (including phenoxy) is 2. The summed E-state index contributed by atoms with van der Waals surface area (Å²) in [6.45, 7) is 2.01. The number of benzene rings is 2. The summed E-state index contributed by atoms with van der Waals surface area (Å²) >= 11 is 0. The van der Waals surface area contributed by atoms with E-state index in [1.165, 1.54) is 5.56 Å². The van der Waals surface area contributed by atoms with E-state index in [0.29, 0.717) is 0 Å². The highest BCUT2D eigenvalue weighted by molar-refractivity contribution is 6.03. The Morgan fingerprint density at radius 1 is 1.08 bits per heavy atom. The van der Waals surface area contributed by atoms with E-state index in [0.717, 1.165) is 17.9 Å². The van der Waals surface area contributed by atoms with E-state index in [2.05, 4.69) is 12.1 Å². The van der Waals surface area contributed by atoms with Gasteiger partial charge in [0.2, 0.25) is 5.91 Å². The van der Waals surface area contributed by atoms with Crippen LogP contribution in [0.25, 0.3) is 0 Å². The number of β-lactam (4-membered cyclic amide) rings is 1. The number of carbonyl (C=O) groups is 1. The van der Waals surface area contributed by atoms with Gasteiger partial charge in [-0.15, -0.1) is 0 Å². The van der Waals surface area contributed by atoms with Crippen molar-refractivity contribution >= 4 is 11.6 Å². The third-order valence-electron chi connectivity index (χ3n) is 5.13.